The average Bonchev–Trinajstić information content (AvgIpc) is 2.50. The second kappa shape index (κ2) is 9.03. The lowest BCUT2D eigenvalue weighted by atomic mass is 10.1. The van der Waals surface area contributed by atoms with E-state index in [-0.39, 0.29) is 23.5 Å². The molecule has 0 aliphatic carbocycles. The van der Waals surface area contributed by atoms with Crippen LogP contribution in [-0.4, -0.2) is 37.1 Å². The Kier molecular flexibility index (Phi) is 7.39. The number of carbonyl (C=O) groups is 1. The number of hydrogen-bond acceptors (Lipinski definition) is 7. The van der Waals surface area contributed by atoms with Gasteiger partial charge in [-0.2, -0.15) is 0 Å². The first-order valence-corrected chi connectivity index (χ1v) is 8.58. The smallest absolute Gasteiger partial charge is 0.269 e. The molecule has 0 fully saturated rings. The molecule has 1 aromatic carbocycles. The van der Waals surface area contributed by atoms with Crippen LogP contribution in [0.2, 0.25) is 0 Å². The van der Waals surface area contributed by atoms with Crippen LogP contribution in [0.15, 0.2) is 29.2 Å². The molecule has 0 aromatic heterocycles. The zero-order chi connectivity index (χ0) is 18.2. The van der Waals surface area contributed by atoms with Gasteiger partial charge in [-0.15, -0.1) is 0 Å². The molecule has 0 radical (unpaired) electrons. The number of unbranched alkanes of at least 4 members (excludes halogenated alkanes) is 2. The minimum Gasteiger partial charge on any atom is -0.292 e. The summed E-state index contributed by atoms with van der Waals surface area (Å²) < 4.78 is 26.3. The van der Waals surface area contributed by atoms with Crippen LogP contribution in [0, 0.1) is 20.2 Å². The van der Waals surface area contributed by atoms with Gasteiger partial charge in [-0.25, -0.2) is 13.1 Å². The summed E-state index contributed by atoms with van der Waals surface area (Å²) in [5.74, 6) is -0.452. The summed E-state index contributed by atoms with van der Waals surface area (Å²) in [7, 11) is -3.75. The van der Waals surface area contributed by atoms with Gasteiger partial charge in [0.15, 0.2) is 0 Å². The first-order valence-electron chi connectivity index (χ1n) is 7.10. The van der Waals surface area contributed by atoms with E-state index >= 15 is 0 Å². The van der Waals surface area contributed by atoms with Crippen LogP contribution in [0.4, 0.5) is 5.69 Å². The number of hydrogen-bond donors (Lipinski definition) is 1. The predicted octanol–water partition coefficient (Wildman–Crippen LogP) is 1.28. The number of benzene rings is 1. The van der Waals surface area contributed by atoms with E-state index in [9.17, 15) is 33.4 Å². The number of rotatable bonds is 11. The van der Waals surface area contributed by atoms with E-state index in [0.29, 0.717) is 19.3 Å². The number of non-ortho nitro benzene ring substituents is 1. The molecule has 0 amide bonds. The predicted molar refractivity (Wildman–Crippen MR) is 83.6 cm³/mol. The largest absolute Gasteiger partial charge is 0.292 e. The second-order valence-electron chi connectivity index (χ2n) is 4.99. The molecule has 10 nitrogen and oxygen atoms in total. The summed E-state index contributed by atoms with van der Waals surface area (Å²) >= 11 is 0. The average molecular weight is 359 g/mol. The van der Waals surface area contributed by atoms with Crippen LogP contribution < -0.4 is 4.72 Å². The molecule has 11 heteroatoms. The summed E-state index contributed by atoms with van der Waals surface area (Å²) in [6.07, 6.45) is 1.56. The Labute approximate surface area is 138 Å². The van der Waals surface area contributed by atoms with E-state index in [2.05, 4.69) is 4.72 Å². The van der Waals surface area contributed by atoms with Gasteiger partial charge in [-0.1, -0.05) is 6.42 Å². The number of nitrogens with zero attached hydrogens (tertiary/aromatic N) is 2. The van der Waals surface area contributed by atoms with Crippen molar-refractivity contribution < 1.29 is 23.1 Å². The Bertz CT molecular complexity index is 701. The lowest BCUT2D eigenvalue weighted by molar-refractivity contribution is -0.467. The highest BCUT2D eigenvalue weighted by molar-refractivity contribution is 7.89. The number of ketones is 1. The highest BCUT2D eigenvalue weighted by Gasteiger charge is 2.15. The van der Waals surface area contributed by atoms with Crippen molar-refractivity contribution in [2.75, 3.05) is 13.1 Å². The molecule has 0 aliphatic rings. The molecule has 1 aromatic rings. The number of carbonyl (C=O) groups excluding carboxylic acids is 1. The van der Waals surface area contributed by atoms with E-state index < -0.39 is 32.2 Å². The minimum absolute atomic E-state index is 0.0748. The van der Waals surface area contributed by atoms with Gasteiger partial charge in [-0.3, -0.25) is 25.0 Å². The molecule has 0 atom stereocenters. The second-order valence-corrected chi connectivity index (χ2v) is 6.76. The van der Waals surface area contributed by atoms with Crippen molar-refractivity contribution in [1.29, 1.82) is 0 Å². The van der Waals surface area contributed by atoms with E-state index in [1.165, 1.54) is 0 Å². The fraction of sp³-hybridized carbons (Fsp3) is 0.462. The van der Waals surface area contributed by atoms with Gasteiger partial charge < -0.3 is 0 Å². The van der Waals surface area contributed by atoms with Crippen LogP contribution in [0.1, 0.15) is 25.7 Å². The molecule has 1 N–H and O–H groups in total. The van der Waals surface area contributed by atoms with Crippen molar-refractivity contribution in [1.82, 2.24) is 4.72 Å². The first-order chi connectivity index (χ1) is 11.2. The molecule has 0 aliphatic heterocycles. The van der Waals surface area contributed by atoms with Gasteiger partial charge in [-0.05, 0) is 25.0 Å². The number of nitro groups is 2. The van der Waals surface area contributed by atoms with Gasteiger partial charge in [0.1, 0.15) is 0 Å². The standard InChI is InChI=1S/C13H17N3O7S/c17-12(10-15(18)19)4-2-1-3-9-14-24(22,23)13-7-5-11(6-8-13)16(20)21/h5-8,14H,1-4,9-10H2. The zero-order valence-corrected chi connectivity index (χ0v) is 13.5. The van der Waals surface area contributed by atoms with E-state index in [0.717, 1.165) is 24.3 Å². The summed E-state index contributed by atoms with van der Waals surface area (Å²) in [5.41, 5.74) is -0.201. The number of nitrogens with one attached hydrogen (secondary N) is 1. The third-order valence-electron chi connectivity index (χ3n) is 3.09. The quantitative estimate of drug-likeness (QED) is 0.355. The Hall–Kier alpha value is -2.40. The SMILES string of the molecule is O=C(CCCCCNS(=O)(=O)c1ccc([N+](=O)[O-])cc1)C[N+](=O)[O-]. The lowest BCUT2D eigenvalue weighted by Crippen LogP contribution is -2.24. The molecule has 132 valence electrons. The summed E-state index contributed by atoms with van der Waals surface area (Å²) in [4.78, 5) is 30.4. The van der Waals surface area contributed by atoms with Gasteiger partial charge in [0, 0.05) is 30.0 Å². The Balaban J connectivity index is 2.34. The van der Waals surface area contributed by atoms with Crippen LogP contribution in [0.5, 0.6) is 0 Å². The number of Topliss-reactive ketones (excluding diaryl/α,β-unsaturated/α-hetero) is 1. The van der Waals surface area contributed by atoms with Gasteiger partial charge in [0.05, 0.1) is 9.82 Å². The number of nitro benzene ring substituents is 1. The summed E-state index contributed by atoms with van der Waals surface area (Å²) in [6.45, 7) is -0.546. The molecule has 0 unspecified atom stereocenters. The molecule has 0 saturated heterocycles. The third kappa shape index (κ3) is 6.79. The molecular formula is C13H17N3O7S. The maximum atomic E-state index is 12.0. The van der Waals surface area contributed by atoms with Crippen LogP contribution in [-0.2, 0) is 14.8 Å². The minimum atomic E-state index is -3.75. The van der Waals surface area contributed by atoms with E-state index in [4.69, 9.17) is 0 Å². The molecule has 1 rings (SSSR count). The van der Waals surface area contributed by atoms with Crippen LogP contribution in [0.25, 0.3) is 0 Å². The molecule has 0 saturated carbocycles. The zero-order valence-electron chi connectivity index (χ0n) is 12.7. The fourth-order valence-corrected chi connectivity index (χ4v) is 2.96. The first kappa shape index (κ1) is 19.6. The summed E-state index contributed by atoms with van der Waals surface area (Å²) in [5, 5.41) is 20.6. The van der Waals surface area contributed by atoms with Crippen molar-refractivity contribution in [3.63, 3.8) is 0 Å². The van der Waals surface area contributed by atoms with Crippen molar-refractivity contribution >= 4 is 21.5 Å². The maximum Gasteiger partial charge on any atom is 0.269 e. The topological polar surface area (TPSA) is 150 Å². The molecule has 0 spiro atoms. The third-order valence-corrected chi connectivity index (χ3v) is 4.56. The maximum absolute atomic E-state index is 12.0. The highest BCUT2D eigenvalue weighted by Crippen LogP contribution is 2.15. The Morgan fingerprint density at radius 2 is 1.67 bits per heavy atom. The Morgan fingerprint density at radius 3 is 2.21 bits per heavy atom. The fourth-order valence-electron chi connectivity index (χ4n) is 1.88. The molecule has 24 heavy (non-hydrogen) atoms. The molecule has 0 bridgehead atoms. The Morgan fingerprint density at radius 1 is 1.04 bits per heavy atom. The molecule has 0 heterocycles. The highest BCUT2D eigenvalue weighted by atomic mass is 32.2. The van der Waals surface area contributed by atoms with Crippen molar-refractivity contribution in [3.05, 3.63) is 44.5 Å². The van der Waals surface area contributed by atoms with Gasteiger partial charge in [0.2, 0.25) is 15.8 Å². The van der Waals surface area contributed by atoms with Crippen LogP contribution >= 0.6 is 0 Å². The monoisotopic (exact) mass is 359 g/mol. The van der Waals surface area contributed by atoms with Crippen molar-refractivity contribution in [3.8, 4) is 0 Å². The van der Waals surface area contributed by atoms with E-state index in [1.54, 1.807) is 0 Å². The van der Waals surface area contributed by atoms with Crippen molar-refractivity contribution in [2.24, 2.45) is 0 Å². The lowest BCUT2D eigenvalue weighted by Gasteiger charge is -2.06. The summed E-state index contributed by atoms with van der Waals surface area (Å²) in [6, 6.07) is 4.51. The van der Waals surface area contributed by atoms with Gasteiger partial charge >= 0.3 is 0 Å². The number of sulfonamides is 1. The van der Waals surface area contributed by atoms with Crippen LogP contribution in [0.3, 0.4) is 0 Å². The van der Waals surface area contributed by atoms with Gasteiger partial charge in [0.25, 0.3) is 12.2 Å². The van der Waals surface area contributed by atoms with Crippen molar-refractivity contribution in [2.45, 2.75) is 30.6 Å². The van der Waals surface area contributed by atoms with E-state index in [1.807, 2.05) is 0 Å². The normalized spacial score (nSPS) is 11.2. The molecular weight excluding hydrogens is 342 g/mol.